The van der Waals surface area contributed by atoms with Crippen molar-refractivity contribution in [2.24, 2.45) is 0 Å². The predicted octanol–water partition coefficient (Wildman–Crippen LogP) is 1.05. The lowest BCUT2D eigenvalue weighted by Gasteiger charge is -2.32. The molecule has 0 spiro atoms. The largest absolute Gasteiger partial charge is 0.311 e. The van der Waals surface area contributed by atoms with E-state index in [1.54, 1.807) is 0 Å². The van der Waals surface area contributed by atoms with Gasteiger partial charge in [0, 0.05) is 38.6 Å². The molecule has 0 amide bonds. The summed E-state index contributed by atoms with van der Waals surface area (Å²) < 4.78 is 0. The summed E-state index contributed by atoms with van der Waals surface area (Å²) in [7, 11) is 0. The van der Waals surface area contributed by atoms with Crippen molar-refractivity contribution in [3.8, 4) is 0 Å². The number of aldehydes is 1. The molecule has 1 aromatic rings. The van der Waals surface area contributed by atoms with Crippen LogP contribution < -0.4 is 5.32 Å². The topological polar surface area (TPSA) is 32.3 Å². The zero-order chi connectivity index (χ0) is 11.2. The van der Waals surface area contributed by atoms with Gasteiger partial charge in [0.15, 0.2) is 0 Å². The fraction of sp³-hybridized carbons (Fsp3) is 0.462. The molecular weight excluding hydrogens is 200 g/mol. The Hall–Kier alpha value is -1.19. The standard InChI is InChI=1S/C13H18N2O/c16-9-6-13-11-15(8-7-14-13)10-12-4-2-1-3-5-12/h1-5,9,13-14H,6-8,10-11H2. The molecule has 1 atom stereocenters. The van der Waals surface area contributed by atoms with E-state index in [0.29, 0.717) is 12.5 Å². The Kier molecular flexibility index (Phi) is 4.08. The van der Waals surface area contributed by atoms with Crippen LogP contribution in [0.2, 0.25) is 0 Å². The second kappa shape index (κ2) is 5.77. The molecule has 1 aliphatic heterocycles. The van der Waals surface area contributed by atoms with Crippen molar-refractivity contribution in [2.45, 2.75) is 19.0 Å². The molecule has 1 unspecified atom stereocenters. The van der Waals surface area contributed by atoms with Crippen LogP contribution in [0.1, 0.15) is 12.0 Å². The Morgan fingerprint density at radius 2 is 2.19 bits per heavy atom. The van der Waals surface area contributed by atoms with Gasteiger partial charge >= 0.3 is 0 Å². The van der Waals surface area contributed by atoms with Crippen molar-refractivity contribution in [1.82, 2.24) is 10.2 Å². The van der Waals surface area contributed by atoms with Gasteiger partial charge in [-0.15, -0.1) is 0 Å². The first-order valence-corrected chi connectivity index (χ1v) is 5.82. The summed E-state index contributed by atoms with van der Waals surface area (Å²) in [5.41, 5.74) is 1.34. The summed E-state index contributed by atoms with van der Waals surface area (Å²) in [5.74, 6) is 0. The number of benzene rings is 1. The number of hydrogen-bond acceptors (Lipinski definition) is 3. The normalized spacial score (nSPS) is 21.9. The Labute approximate surface area is 96.5 Å². The zero-order valence-corrected chi connectivity index (χ0v) is 9.43. The first-order chi connectivity index (χ1) is 7.88. The molecule has 1 aliphatic rings. The minimum absolute atomic E-state index is 0.329. The van der Waals surface area contributed by atoms with E-state index in [1.165, 1.54) is 5.56 Å². The summed E-state index contributed by atoms with van der Waals surface area (Å²) in [6.45, 7) is 3.99. The minimum atomic E-state index is 0.329. The van der Waals surface area contributed by atoms with Gasteiger partial charge in [-0.25, -0.2) is 0 Å². The third-order valence-electron chi connectivity index (χ3n) is 2.97. The molecule has 1 fully saturated rings. The first kappa shape index (κ1) is 11.3. The lowest BCUT2D eigenvalue weighted by Crippen LogP contribution is -2.50. The van der Waals surface area contributed by atoms with Gasteiger partial charge < -0.3 is 10.1 Å². The molecule has 0 aliphatic carbocycles. The van der Waals surface area contributed by atoms with E-state index in [4.69, 9.17) is 0 Å². The van der Waals surface area contributed by atoms with E-state index in [9.17, 15) is 4.79 Å². The number of nitrogens with one attached hydrogen (secondary N) is 1. The van der Waals surface area contributed by atoms with Crippen LogP contribution in [0.4, 0.5) is 0 Å². The smallest absolute Gasteiger partial charge is 0.121 e. The highest BCUT2D eigenvalue weighted by molar-refractivity contribution is 5.50. The van der Waals surface area contributed by atoms with Crippen molar-refractivity contribution in [1.29, 1.82) is 0 Å². The van der Waals surface area contributed by atoms with Crippen molar-refractivity contribution >= 4 is 6.29 Å². The third-order valence-corrected chi connectivity index (χ3v) is 2.97. The van der Waals surface area contributed by atoms with Crippen LogP contribution in [0.15, 0.2) is 30.3 Å². The van der Waals surface area contributed by atoms with E-state index >= 15 is 0 Å². The van der Waals surface area contributed by atoms with Gasteiger partial charge in [-0.3, -0.25) is 4.90 Å². The van der Waals surface area contributed by atoms with E-state index in [0.717, 1.165) is 32.5 Å². The fourth-order valence-electron chi connectivity index (χ4n) is 2.15. The maximum Gasteiger partial charge on any atom is 0.121 e. The second-order valence-electron chi connectivity index (χ2n) is 4.27. The lowest BCUT2D eigenvalue weighted by atomic mass is 10.1. The quantitative estimate of drug-likeness (QED) is 0.767. The highest BCUT2D eigenvalue weighted by Gasteiger charge is 2.18. The molecule has 1 aromatic carbocycles. The Bertz CT molecular complexity index is 326. The average Bonchev–Trinajstić information content (AvgIpc) is 2.31. The third kappa shape index (κ3) is 3.15. The maximum absolute atomic E-state index is 10.5. The van der Waals surface area contributed by atoms with Gasteiger partial charge in [0.25, 0.3) is 0 Å². The van der Waals surface area contributed by atoms with Crippen molar-refractivity contribution in [2.75, 3.05) is 19.6 Å². The molecule has 0 bridgehead atoms. The molecule has 2 rings (SSSR count). The summed E-state index contributed by atoms with van der Waals surface area (Å²) in [6.07, 6.45) is 1.62. The average molecular weight is 218 g/mol. The maximum atomic E-state index is 10.5. The molecule has 1 heterocycles. The van der Waals surface area contributed by atoms with Gasteiger partial charge in [0.1, 0.15) is 6.29 Å². The number of nitrogens with zero attached hydrogens (tertiary/aromatic N) is 1. The van der Waals surface area contributed by atoms with Gasteiger partial charge in [-0.05, 0) is 5.56 Å². The van der Waals surface area contributed by atoms with Gasteiger partial charge in [0.05, 0.1) is 0 Å². The number of piperazine rings is 1. The van der Waals surface area contributed by atoms with E-state index in [2.05, 4.69) is 34.5 Å². The van der Waals surface area contributed by atoms with Crippen molar-refractivity contribution in [3.05, 3.63) is 35.9 Å². The molecule has 0 saturated carbocycles. The number of rotatable bonds is 4. The fourth-order valence-corrected chi connectivity index (χ4v) is 2.15. The van der Waals surface area contributed by atoms with Crippen molar-refractivity contribution < 1.29 is 4.79 Å². The number of carbonyl (C=O) groups is 1. The SMILES string of the molecule is O=CCC1CN(Cc2ccccc2)CCN1. The number of hydrogen-bond donors (Lipinski definition) is 1. The van der Waals surface area contributed by atoms with Crippen LogP contribution in [-0.2, 0) is 11.3 Å². The zero-order valence-electron chi connectivity index (χ0n) is 9.43. The first-order valence-electron chi connectivity index (χ1n) is 5.82. The summed E-state index contributed by atoms with van der Waals surface area (Å²) >= 11 is 0. The van der Waals surface area contributed by atoms with E-state index < -0.39 is 0 Å². The molecule has 0 aromatic heterocycles. The van der Waals surface area contributed by atoms with E-state index in [1.807, 2.05) is 6.07 Å². The number of carbonyl (C=O) groups excluding carboxylic acids is 1. The second-order valence-corrected chi connectivity index (χ2v) is 4.27. The van der Waals surface area contributed by atoms with Crippen LogP contribution in [0.3, 0.4) is 0 Å². The predicted molar refractivity (Wildman–Crippen MR) is 64.2 cm³/mol. The summed E-state index contributed by atoms with van der Waals surface area (Å²) in [6, 6.07) is 10.8. The summed E-state index contributed by atoms with van der Waals surface area (Å²) in [5, 5.41) is 3.36. The molecule has 86 valence electrons. The molecule has 16 heavy (non-hydrogen) atoms. The minimum Gasteiger partial charge on any atom is -0.311 e. The van der Waals surface area contributed by atoms with Crippen LogP contribution in [-0.4, -0.2) is 36.9 Å². The Morgan fingerprint density at radius 1 is 1.38 bits per heavy atom. The highest BCUT2D eigenvalue weighted by atomic mass is 16.1. The van der Waals surface area contributed by atoms with Gasteiger partial charge in [-0.2, -0.15) is 0 Å². The van der Waals surface area contributed by atoms with Gasteiger partial charge in [-0.1, -0.05) is 30.3 Å². The van der Waals surface area contributed by atoms with E-state index in [-0.39, 0.29) is 0 Å². The highest BCUT2D eigenvalue weighted by Crippen LogP contribution is 2.08. The lowest BCUT2D eigenvalue weighted by molar-refractivity contribution is -0.108. The van der Waals surface area contributed by atoms with Crippen LogP contribution in [0.25, 0.3) is 0 Å². The molecular formula is C13H18N2O. The van der Waals surface area contributed by atoms with Crippen LogP contribution in [0, 0.1) is 0 Å². The van der Waals surface area contributed by atoms with Crippen LogP contribution >= 0.6 is 0 Å². The molecule has 1 saturated heterocycles. The van der Waals surface area contributed by atoms with Gasteiger partial charge in [0.2, 0.25) is 0 Å². The Balaban J connectivity index is 1.88. The molecule has 0 radical (unpaired) electrons. The molecule has 3 heteroatoms. The Morgan fingerprint density at radius 3 is 2.94 bits per heavy atom. The summed E-state index contributed by atoms with van der Waals surface area (Å²) in [4.78, 5) is 12.9. The van der Waals surface area contributed by atoms with Crippen molar-refractivity contribution in [3.63, 3.8) is 0 Å². The monoisotopic (exact) mass is 218 g/mol. The van der Waals surface area contributed by atoms with Crippen LogP contribution in [0.5, 0.6) is 0 Å². The molecule has 1 N–H and O–H groups in total. The molecule has 3 nitrogen and oxygen atoms in total.